The molecule has 5 heteroatoms. The second-order valence-corrected chi connectivity index (χ2v) is 7.82. The Balaban J connectivity index is 2.40. The first-order chi connectivity index (χ1) is 9.96. The molecule has 0 bridgehead atoms. The standard InChI is InChI=1S/C16H26N2O2S/c1-13-10-15(12-17)11-16(14(13)2)21(19,20)18-8-6-4-3-5-7-9-18/h10-11H,3-9,12,17H2,1-2H3. The van der Waals surface area contributed by atoms with Gasteiger partial charge in [0.05, 0.1) is 4.90 Å². The lowest BCUT2D eigenvalue weighted by Gasteiger charge is -2.25. The smallest absolute Gasteiger partial charge is 0.243 e. The van der Waals surface area contributed by atoms with Gasteiger partial charge >= 0.3 is 0 Å². The van der Waals surface area contributed by atoms with Crippen LogP contribution in [-0.2, 0) is 16.6 Å². The minimum atomic E-state index is -3.41. The summed E-state index contributed by atoms with van der Waals surface area (Å²) in [6.07, 6.45) is 5.36. The van der Waals surface area contributed by atoms with E-state index in [9.17, 15) is 8.42 Å². The molecule has 2 N–H and O–H groups in total. The van der Waals surface area contributed by atoms with Crippen molar-refractivity contribution in [3.05, 3.63) is 28.8 Å². The monoisotopic (exact) mass is 310 g/mol. The van der Waals surface area contributed by atoms with Gasteiger partial charge in [0.1, 0.15) is 0 Å². The Hall–Kier alpha value is -0.910. The number of rotatable bonds is 3. The molecule has 1 aliphatic heterocycles. The number of aryl methyl sites for hydroxylation is 1. The van der Waals surface area contributed by atoms with Gasteiger partial charge in [-0.3, -0.25) is 0 Å². The van der Waals surface area contributed by atoms with Crippen LogP contribution in [0, 0.1) is 13.8 Å². The lowest BCUT2D eigenvalue weighted by atomic mass is 10.1. The molecule has 0 amide bonds. The summed E-state index contributed by atoms with van der Waals surface area (Å²) in [5.41, 5.74) is 8.41. The first kappa shape index (κ1) is 16.5. The normalized spacial score (nSPS) is 18.2. The fourth-order valence-electron chi connectivity index (χ4n) is 2.88. The molecule has 0 unspecified atom stereocenters. The maximum Gasteiger partial charge on any atom is 0.243 e. The van der Waals surface area contributed by atoms with E-state index in [2.05, 4.69) is 0 Å². The molecule has 4 nitrogen and oxygen atoms in total. The van der Waals surface area contributed by atoms with Crippen molar-refractivity contribution in [3.8, 4) is 0 Å². The van der Waals surface area contributed by atoms with Crippen LogP contribution in [0.1, 0.15) is 48.8 Å². The van der Waals surface area contributed by atoms with Gasteiger partial charge in [-0.05, 0) is 49.4 Å². The summed E-state index contributed by atoms with van der Waals surface area (Å²) in [7, 11) is -3.41. The van der Waals surface area contributed by atoms with Crippen LogP contribution in [0.2, 0.25) is 0 Å². The number of hydrogen-bond donors (Lipinski definition) is 1. The third kappa shape index (κ3) is 3.65. The van der Waals surface area contributed by atoms with Crippen molar-refractivity contribution in [1.82, 2.24) is 4.31 Å². The fraction of sp³-hybridized carbons (Fsp3) is 0.625. The largest absolute Gasteiger partial charge is 0.326 e. The van der Waals surface area contributed by atoms with Crippen molar-refractivity contribution in [2.75, 3.05) is 13.1 Å². The average Bonchev–Trinajstić information content (AvgIpc) is 2.40. The summed E-state index contributed by atoms with van der Waals surface area (Å²) in [6, 6.07) is 3.72. The molecule has 0 saturated carbocycles. The van der Waals surface area contributed by atoms with Crippen molar-refractivity contribution in [3.63, 3.8) is 0 Å². The Morgan fingerprint density at radius 2 is 1.62 bits per heavy atom. The van der Waals surface area contributed by atoms with Crippen LogP contribution in [0.5, 0.6) is 0 Å². The molecule has 0 aliphatic carbocycles. The van der Waals surface area contributed by atoms with Crippen molar-refractivity contribution in [2.45, 2.75) is 57.4 Å². The Bertz CT molecular complexity index is 589. The topological polar surface area (TPSA) is 63.4 Å². The number of hydrogen-bond acceptors (Lipinski definition) is 3. The van der Waals surface area contributed by atoms with Gasteiger partial charge in [-0.15, -0.1) is 0 Å². The molecule has 1 aromatic rings. The van der Waals surface area contributed by atoms with Gasteiger partial charge in [-0.2, -0.15) is 4.31 Å². The third-order valence-corrected chi connectivity index (χ3v) is 6.37. The van der Waals surface area contributed by atoms with E-state index in [0.29, 0.717) is 24.5 Å². The Morgan fingerprint density at radius 1 is 1.05 bits per heavy atom. The van der Waals surface area contributed by atoms with Crippen molar-refractivity contribution in [2.24, 2.45) is 5.73 Å². The molecule has 0 aromatic heterocycles. The van der Waals surface area contributed by atoms with Gasteiger partial charge in [0, 0.05) is 19.6 Å². The molecule has 1 heterocycles. The molecule has 21 heavy (non-hydrogen) atoms. The van der Waals surface area contributed by atoms with Crippen LogP contribution >= 0.6 is 0 Å². The highest BCUT2D eigenvalue weighted by Crippen LogP contribution is 2.26. The van der Waals surface area contributed by atoms with Crippen LogP contribution in [-0.4, -0.2) is 25.8 Å². The van der Waals surface area contributed by atoms with Gasteiger partial charge < -0.3 is 5.73 Å². The van der Waals surface area contributed by atoms with Crippen LogP contribution in [0.3, 0.4) is 0 Å². The Kier molecular flexibility index (Phi) is 5.41. The van der Waals surface area contributed by atoms with Crippen molar-refractivity contribution >= 4 is 10.0 Å². The number of benzene rings is 1. The predicted octanol–water partition coefficient (Wildman–Crippen LogP) is 2.72. The number of sulfonamides is 1. The first-order valence-electron chi connectivity index (χ1n) is 7.77. The zero-order valence-electron chi connectivity index (χ0n) is 13.1. The minimum absolute atomic E-state index is 0.365. The summed E-state index contributed by atoms with van der Waals surface area (Å²) < 4.78 is 27.6. The molecule has 0 atom stereocenters. The molecule has 2 rings (SSSR count). The molecule has 1 fully saturated rings. The Morgan fingerprint density at radius 3 is 2.19 bits per heavy atom. The predicted molar refractivity (Wildman–Crippen MR) is 85.7 cm³/mol. The highest BCUT2D eigenvalue weighted by Gasteiger charge is 2.27. The fourth-order valence-corrected chi connectivity index (χ4v) is 4.75. The van der Waals surface area contributed by atoms with Crippen LogP contribution in [0.4, 0.5) is 0 Å². The molecule has 0 radical (unpaired) electrons. The lowest BCUT2D eigenvalue weighted by Crippen LogP contribution is -2.34. The highest BCUT2D eigenvalue weighted by molar-refractivity contribution is 7.89. The van der Waals surface area contributed by atoms with E-state index in [1.54, 1.807) is 10.4 Å². The highest BCUT2D eigenvalue weighted by atomic mass is 32.2. The lowest BCUT2D eigenvalue weighted by molar-refractivity contribution is 0.364. The second kappa shape index (κ2) is 6.90. The van der Waals surface area contributed by atoms with Crippen LogP contribution in [0.25, 0.3) is 0 Å². The van der Waals surface area contributed by atoms with E-state index in [4.69, 9.17) is 5.73 Å². The number of nitrogens with zero attached hydrogens (tertiary/aromatic N) is 1. The van der Waals surface area contributed by atoms with Crippen molar-refractivity contribution < 1.29 is 8.42 Å². The summed E-state index contributed by atoms with van der Waals surface area (Å²) in [5.74, 6) is 0. The quantitative estimate of drug-likeness (QED) is 0.933. The molecule has 1 aliphatic rings. The summed E-state index contributed by atoms with van der Waals surface area (Å²) in [5, 5.41) is 0. The molecule has 0 spiro atoms. The molecule has 118 valence electrons. The van der Waals surface area contributed by atoms with Gasteiger partial charge in [-0.1, -0.05) is 25.3 Å². The SMILES string of the molecule is Cc1cc(CN)cc(S(=O)(=O)N2CCCCCCC2)c1C. The van der Waals surface area contributed by atoms with Crippen LogP contribution < -0.4 is 5.73 Å². The van der Waals surface area contributed by atoms with E-state index < -0.39 is 10.0 Å². The second-order valence-electron chi connectivity index (χ2n) is 5.91. The van der Waals surface area contributed by atoms with Crippen LogP contribution in [0.15, 0.2) is 17.0 Å². The van der Waals surface area contributed by atoms with Gasteiger partial charge in [0.15, 0.2) is 0 Å². The zero-order valence-corrected chi connectivity index (χ0v) is 13.9. The molecular weight excluding hydrogens is 284 g/mol. The van der Waals surface area contributed by atoms with Gasteiger partial charge in [0.2, 0.25) is 10.0 Å². The molecular formula is C16H26N2O2S. The Labute approximate surface area is 128 Å². The van der Waals surface area contributed by atoms with E-state index >= 15 is 0 Å². The summed E-state index contributed by atoms with van der Waals surface area (Å²) >= 11 is 0. The molecule has 1 saturated heterocycles. The third-order valence-electron chi connectivity index (χ3n) is 4.35. The molecule has 1 aromatic carbocycles. The van der Waals surface area contributed by atoms with Gasteiger partial charge in [-0.25, -0.2) is 8.42 Å². The van der Waals surface area contributed by atoms with E-state index in [0.717, 1.165) is 42.4 Å². The maximum atomic E-state index is 13.0. The summed E-state index contributed by atoms with van der Waals surface area (Å²) in [6.45, 7) is 5.46. The minimum Gasteiger partial charge on any atom is -0.326 e. The number of nitrogens with two attached hydrogens (primary N) is 1. The van der Waals surface area contributed by atoms with E-state index in [1.807, 2.05) is 19.9 Å². The first-order valence-corrected chi connectivity index (χ1v) is 9.21. The van der Waals surface area contributed by atoms with E-state index in [1.165, 1.54) is 6.42 Å². The summed E-state index contributed by atoms with van der Waals surface area (Å²) in [4.78, 5) is 0.434. The maximum absolute atomic E-state index is 13.0. The average molecular weight is 310 g/mol. The van der Waals surface area contributed by atoms with Gasteiger partial charge in [0.25, 0.3) is 0 Å². The zero-order chi connectivity index (χ0) is 15.5. The van der Waals surface area contributed by atoms with Crippen molar-refractivity contribution in [1.29, 1.82) is 0 Å². The van der Waals surface area contributed by atoms with E-state index in [-0.39, 0.29) is 0 Å².